The predicted octanol–water partition coefficient (Wildman–Crippen LogP) is 5.51. The van der Waals surface area contributed by atoms with Gasteiger partial charge in [0.2, 0.25) is 5.91 Å². The highest BCUT2D eigenvalue weighted by atomic mass is 19.4. The Morgan fingerprint density at radius 2 is 1.78 bits per heavy atom. The number of rotatable bonds is 7. The zero-order valence-electron chi connectivity index (χ0n) is 22.6. The molecule has 5 heterocycles. The van der Waals surface area contributed by atoms with Crippen LogP contribution in [0.3, 0.4) is 0 Å². The lowest BCUT2D eigenvalue weighted by Crippen LogP contribution is -2.47. The molecule has 0 bridgehead atoms. The molecule has 2 aliphatic heterocycles. The molecule has 4 aromatic rings. The summed E-state index contributed by atoms with van der Waals surface area (Å²) in [5, 5.41) is 2.26. The summed E-state index contributed by atoms with van der Waals surface area (Å²) in [6, 6.07) is 9.58. The molecule has 216 valence electrons. The number of halogens is 3. The van der Waals surface area contributed by atoms with E-state index in [9.17, 15) is 18.0 Å². The minimum atomic E-state index is -4.72. The quantitative estimate of drug-likeness (QED) is 0.317. The predicted molar refractivity (Wildman–Crippen MR) is 148 cm³/mol. The first-order chi connectivity index (χ1) is 19.8. The fourth-order valence-corrected chi connectivity index (χ4v) is 6.09. The number of hydrogen-bond acceptors (Lipinski definition) is 6. The average Bonchev–Trinajstić information content (AvgIpc) is 3.46. The van der Waals surface area contributed by atoms with Crippen molar-refractivity contribution in [2.24, 2.45) is 5.92 Å². The summed E-state index contributed by atoms with van der Waals surface area (Å²) >= 11 is 0. The minimum absolute atomic E-state index is 0.135. The topological polar surface area (TPSA) is 83.6 Å². The van der Waals surface area contributed by atoms with Gasteiger partial charge in [-0.1, -0.05) is 0 Å². The Kier molecular flexibility index (Phi) is 7.70. The molecule has 1 unspecified atom stereocenters. The number of alkyl halides is 3. The van der Waals surface area contributed by atoms with Crippen molar-refractivity contribution < 1.29 is 27.4 Å². The van der Waals surface area contributed by atoms with Gasteiger partial charge in [-0.15, -0.1) is 13.2 Å². The van der Waals surface area contributed by atoms with Gasteiger partial charge in [-0.2, -0.15) is 0 Å². The number of piperidine rings is 2. The van der Waals surface area contributed by atoms with Crippen LogP contribution >= 0.6 is 0 Å². The van der Waals surface area contributed by atoms with E-state index < -0.39 is 6.36 Å². The van der Waals surface area contributed by atoms with Crippen LogP contribution in [-0.2, 0) is 4.79 Å². The molecule has 1 amide bonds. The number of aromatic nitrogens is 3. The van der Waals surface area contributed by atoms with Gasteiger partial charge in [-0.3, -0.25) is 14.7 Å². The number of benzene rings is 1. The zero-order chi connectivity index (χ0) is 28.4. The second-order valence-corrected chi connectivity index (χ2v) is 10.9. The van der Waals surface area contributed by atoms with Gasteiger partial charge in [-0.05, 0) is 86.7 Å². The molecule has 41 heavy (non-hydrogen) atoms. The third-order valence-electron chi connectivity index (χ3n) is 8.12. The maximum absolute atomic E-state index is 13.2. The highest BCUT2D eigenvalue weighted by molar-refractivity contribution is 6.05. The molecular formula is C30H32F3N5O3. The first kappa shape index (κ1) is 27.3. The van der Waals surface area contributed by atoms with E-state index in [0.29, 0.717) is 31.4 Å². The summed E-state index contributed by atoms with van der Waals surface area (Å²) in [5.74, 6) is 0.896. The third kappa shape index (κ3) is 6.40. The Morgan fingerprint density at radius 3 is 2.56 bits per heavy atom. The number of fused-ring (bicyclic) bond motifs is 3. The third-order valence-corrected chi connectivity index (χ3v) is 8.12. The smallest absolute Gasteiger partial charge is 0.493 e. The first-order valence-electron chi connectivity index (χ1n) is 14.0. The maximum atomic E-state index is 13.2. The number of H-pyrrole nitrogens is 1. The lowest BCUT2D eigenvalue weighted by molar-refractivity contribution is -0.274. The van der Waals surface area contributed by atoms with Crippen LogP contribution in [0.2, 0.25) is 0 Å². The van der Waals surface area contributed by atoms with E-state index >= 15 is 0 Å². The molecule has 2 aliphatic rings. The van der Waals surface area contributed by atoms with Crippen LogP contribution in [0.5, 0.6) is 11.5 Å². The van der Waals surface area contributed by atoms with Crippen LogP contribution in [0.1, 0.15) is 37.2 Å². The van der Waals surface area contributed by atoms with Crippen LogP contribution in [0, 0.1) is 5.92 Å². The Bertz CT molecular complexity index is 1500. The second kappa shape index (κ2) is 11.6. The number of amides is 1. The molecule has 0 spiro atoms. The molecule has 8 nitrogen and oxygen atoms in total. The lowest BCUT2D eigenvalue weighted by atomic mass is 9.87. The lowest BCUT2D eigenvalue weighted by Gasteiger charge is -2.36. The van der Waals surface area contributed by atoms with Crippen molar-refractivity contribution in [3.8, 4) is 11.5 Å². The second-order valence-electron chi connectivity index (χ2n) is 10.9. The van der Waals surface area contributed by atoms with Crippen molar-refractivity contribution in [1.82, 2.24) is 24.8 Å². The average molecular weight is 568 g/mol. The highest BCUT2D eigenvalue weighted by Gasteiger charge is 2.31. The summed E-state index contributed by atoms with van der Waals surface area (Å²) in [6.07, 6.45) is 4.67. The standard InChI is InChI=1S/C30H32F3N5O3/c31-30(32,33)41-23-5-3-22(4-6-23)40-19-20-2-1-13-38(17-20)27(39)18-37-14-9-21(10-15-37)24-7-11-34-26-16-36-29-25(28(24)26)8-12-35-29/h3-8,11-12,16,20-21H,1-2,9-10,13-15,17-19H2,(H,35,36). The number of pyridine rings is 2. The van der Waals surface area contributed by atoms with Gasteiger partial charge in [0.1, 0.15) is 17.1 Å². The molecule has 0 aliphatic carbocycles. The summed E-state index contributed by atoms with van der Waals surface area (Å²) < 4.78 is 46.8. The SMILES string of the molecule is O=C(CN1CCC(c2ccnc3cnc4[nH]ccc4c23)CC1)N1CCCC(COc2ccc(OC(F)(F)F)cc2)C1. The van der Waals surface area contributed by atoms with E-state index in [0.717, 1.165) is 61.9 Å². The van der Waals surface area contributed by atoms with Gasteiger partial charge in [0.15, 0.2) is 0 Å². The van der Waals surface area contributed by atoms with Crippen LogP contribution < -0.4 is 9.47 Å². The molecule has 1 N–H and O–H groups in total. The molecule has 6 rings (SSSR count). The van der Waals surface area contributed by atoms with Gasteiger partial charge in [0, 0.05) is 42.2 Å². The van der Waals surface area contributed by atoms with Crippen molar-refractivity contribution >= 4 is 27.8 Å². The van der Waals surface area contributed by atoms with Gasteiger partial charge in [0.25, 0.3) is 0 Å². The molecule has 3 aromatic heterocycles. The molecular weight excluding hydrogens is 535 g/mol. The number of hydrogen-bond donors (Lipinski definition) is 1. The van der Waals surface area contributed by atoms with Crippen LogP contribution in [0.4, 0.5) is 13.2 Å². The number of aromatic amines is 1. The van der Waals surface area contributed by atoms with E-state index in [4.69, 9.17) is 4.74 Å². The normalized spacial score (nSPS) is 19.1. The van der Waals surface area contributed by atoms with E-state index in [1.54, 1.807) is 0 Å². The van der Waals surface area contributed by atoms with E-state index in [1.807, 2.05) is 23.5 Å². The van der Waals surface area contributed by atoms with E-state index in [1.165, 1.54) is 35.2 Å². The van der Waals surface area contributed by atoms with Crippen molar-refractivity contribution in [2.45, 2.75) is 38.0 Å². The van der Waals surface area contributed by atoms with Crippen LogP contribution in [0.15, 0.2) is 55.0 Å². The van der Waals surface area contributed by atoms with Crippen molar-refractivity contribution in [3.05, 3.63) is 60.6 Å². The maximum Gasteiger partial charge on any atom is 0.573 e. The van der Waals surface area contributed by atoms with Crippen LogP contribution in [0.25, 0.3) is 21.9 Å². The molecule has 1 atom stereocenters. The highest BCUT2D eigenvalue weighted by Crippen LogP contribution is 2.35. The molecule has 0 radical (unpaired) electrons. The van der Waals surface area contributed by atoms with Gasteiger partial charge < -0.3 is 19.4 Å². The number of likely N-dealkylation sites (tertiary alicyclic amines) is 2. The zero-order valence-corrected chi connectivity index (χ0v) is 22.6. The molecule has 0 saturated carbocycles. The van der Waals surface area contributed by atoms with Gasteiger partial charge in [0.05, 0.1) is 24.9 Å². The monoisotopic (exact) mass is 567 g/mol. The van der Waals surface area contributed by atoms with Gasteiger partial charge >= 0.3 is 6.36 Å². The Hall–Kier alpha value is -3.86. The Morgan fingerprint density at radius 1 is 1.00 bits per heavy atom. The van der Waals surface area contributed by atoms with Crippen molar-refractivity contribution in [1.29, 1.82) is 0 Å². The van der Waals surface area contributed by atoms with Crippen molar-refractivity contribution in [3.63, 3.8) is 0 Å². The Balaban J connectivity index is 0.996. The Labute approximate surface area is 235 Å². The molecule has 2 saturated heterocycles. The largest absolute Gasteiger partial charge is 0.573 e. The summed E-state index contributed by atoms with van der Waals surface area (Å²) in [6.45, 7) is 3.88. The number of ether oxygens (including phenoxy) is 2. The molecule has 11 heteroatoms. The fraction of sp³-hybridized carbons (Fsp3) is 0.433. The van der Waals surface area contributed by atoms with E-state index in [-0.39, 0.29) is 17.6 Å². The summed E-state index contributed by atoms with van der Waals surface area (Å²) in [7, 11) is 0. The fourth-order valence-electron chi connectivity index (χ4n) is 6.09. The van der Waals surface area contributed by atoms with Crippen LogP contribution in [-0.4, -0.2) is 76.4 Å². The van der Waals surface area contributed by atoms with E-state index in [2.05, 4.69) is 36.7 Å². The molecule has 2 fully saturated rings. The van der Waals surface area contributed by atoms with Crippen molar-refractivity contribution in [2.75, 3.05) is 39.3 Å². The first-order valence-corrected chi connectivity index (χ1v) is 14.0. The minimum Gasteiger partial charge on any atom is -0.493 e. The van der Waals surface area contributed by atoms with Gasteiger partial charge in [-0.25, -0.2) is 4.98 Å². The summed E-state index contributed by atoms with van der Waals surface area (Å²) in [5.41, 5.74) is 3.08. The molecule has 1 aromatic carbocycles. The number of carbonyl (C=O) groups excluding carboxylic acids is 1. The summed E-state index contributed by atoms with van der Waals surface area (Å²) in [4.78, 5) is 29.6. The number of nitrogens with one attached hydrogen (secondary N) is 1. The number of carbonyl (C=O) groups is 1. The number of nitrogens with zero attached hydrogens (tertiary/aromatic N) is 4.